The summed E-state index contributed by atoms with van der Waals surface area (Å²) in [7, 11) is 0. The summed E-state index contributed by atoms with van der Waals surface area (Å²) in [6.07, 6.45) is 5.02. The number of urea groups is 1. The number of piperazine rings is 1. The van der Waals surface area contributed by atoms with Crippen LogP contribution in [0.15, 0.2) is 42.5 Å². The summed E-state index contributed by atoms with van der Waals surface area (Å²) in [5, 5.41) is 3.87. The molecule has 2 heterocycles. The monoisotopic (exact) mass is 486 g/mol. The minimum absolute atomic E-state index is 0.0716. The van der Waals surface area contributed by atoms with Gasteiger partial charge < -0.3 is 10.2 Å². The van der Waals surface area contributed by atoms with Crippen molar-refractivity contribution in [2.45, 2.75) is 31.7 Å². The summed E-state index contributed by atoms with van der Waals surface area (Å²) in [5.41, 5.74) is 3.76. The molecule has 0 radical (unpaired) electrons. The fourth-order valence-electron chi connectivity index (χ4n) is 5.65. The third kappa shape index (κ3) is 5.48. The third-order valence-electron chi connectivity index (χ3n) is 7.44. The molecule has 176 valence electrons. The Morgan fingerprint density at radius 3 is 2.36 bits per heavy atom. The highest BCUT2D eigenvalue weighted by atomic mass is 35.5. The van der Waals surface area contributed by atoms with Crippen molar-refractivity contribution in [1.82, 2.24) is 14.7 Å². The number of nitrogens with one attached hydrogen (secondary N) is 1. The van der Waals surface area contributed by atoms with Crippen LogP contribution in [0, 0.1) is 5.92 Å². The van der Waals surface area contributed by atoms with Gasteiger partial charge in [0, 0.05) is 51.0 Å². The highest BCUT2D eigenvalue weighted by Gasteiger charge is 2.31. The van der Waals surface area contributed by atoms with E-state index in [2.05, 4.69) is 39.4 Å². The van der Waals surface area contributed by atoms with Crippen molar-refractivity contribution in [2.75, 3.05) is 51.1 Å². The van der Waals surface area contributed by atoms with Gasteiger partial charge >= 0.3 is 6.03 Å². The molecule has 5 nitrogen and oxygen atoms in total. The average molecular weight is 487 g/mol. The zero-order valence-corrected chi connectivity index (χ0v) is 20.5. The molecular weight excluding hydrogens is 455 g/mol. The number of amides is 2. The van der Waals surface area contributed by atoms with Gasteiger partial charge in [-0.15, -0.1) is 0 Å². The number of benzene rings is 2. The van der Waals surface area contributed by atoms with Gasteiger partial charge in [0.25, 0.3) is 0 Å². The summed E-state index contributed by atoms with van der Waals surface area (Å²) in [4.78, 5) is 19.8. The number of rotatable bonds is 4. The van der Waals surface area contributed by atoms with Crippen LogP contribution in [0.2, 0.25) is 10.0 Å². The molecule has 0 bridgehead atoms. The van der Waals surface area contributed by atoms with Gasteiger partial charge in [0.05, 0.1) is 10.0 Å². The van der Waals surface area contributed by atoms with E-state index in [1.165, 1.54) is 38.8 Å². The highest BCUT2D eigenvalue weighted by molar-refractivity contribution is 6.42. The fraction of sp³-hybridized carbons (Fsp3) is 0.500. The number of nitrogens with zero attached hydrogens (tertiary/aromatic N) is 3. The van der Waals surface area contributed by atoms with Crippen LogP contribution < -0.4 is 5.32 Å². The van der Waals surface area contributed by atoms with Crippen molar-refractivity contribution in [3.8, 4) is 0 Å². The SMILES string of the molecule is O=C(Nc1ccc(Cl)c(Cl)c1)N1CCN(C[C@@H]2CCCN(C3Cc4ccccc4C3)C2)CC1. The molecule has 2 fully saturated rings. The van der Waals surface area contributed by atoms with Crippen LogP contribution in [-0.4, -0.2) is 72.6 Å². The van der Waals surface area contributed by atoms with E-state index in [1.54, 1.807) is 29.3 Å². The summed E-state index contributed by atoms with van der Waals surface area (Å²) in [6, 6.07) is 14.7. The molecule has 0 aromatic heterocycles. The number of carbonyl (C=O) groups is 1. The van der Waals surface area contributed by atoms with Crippen LogP contribution in [0.5, 0.6) is 0 Å². The largest absolute Gasteiger partial charge is 0.322 e. The molecule has 7 heteroatoms. The molecule has 1 aliphatic carbocycles. The van der Waals surface area contributed by atoms with Crippen LogP contribution in [-0.2, 0) is 12.8 Å². The van der Waals surface area contributed by atoms with E-state index in [4.69, 9.17) is 23.2 Å². The molecular formula is C26H32Cl2N4O. The van der Waals surface area contributed by atoms with E-state index in [9.17, 15) is 4.79 Å². The Morgan fingerprint density at radius 2 is 1.67 bits per heavy atom. The smallest absolute Gasteiger partial charge is 0.321 e. The normalized spacial score (nSPS) is 22.4. The van der Waals surface area contributed by atoms with Gasteiger partial charge in [0.2, 0.25) is 0 Å². The van der Waals surface area contributed by atoms with E-state index in [0.717, 1.165) is 38.6 Å². The van der Waals surface area contributed by atoms with Crippen LogP contribution in [0.3, 0.4) is 0 Å². The molecule has 2 aromatic carbocycles. The molecule has 2 aromatic rings. The first-order valence-corrected chi connectivity index (χ1v) is 12.8. The Hall–Kier alpha value is -1.79. The van der Waals surface area contributed by atoms with Crippen LogP contribution >= 0.6 is 23.2 Å². The first kappa shape index (κ1) is 23.0. The minimum atomic E-state index is -0.0716. The van der Waals surface area contributed by atoms with Crippen molar-refractivity contribution < 1.29 is 4.79 Å². The number of hydrogen-bond donors (Lipinski definition) is 1. The van der Waals surface area contributed by atoms with E-state index in [-0.39, 0.29) is 6.03 Å². The lowest BCUT2D eigenvalue weighted by atomic mass is 9.95. The molecule has 2 saturated heterocycles. The summed E-state index contributed by atoms with van der Waals surface area (Å²) >= 11 is 12.0. The number of likely N-dealkylation sites (tertiary alicyclic amines) is 1. The van der Waals surface area contributed by atoms with Gasteiger partial charge in [0.15, 0.2) is 0 Å². The molecule has 5 rings (SSSR count). The van der Waals surface area contributed by atoms with Gasteiger partial charge in [-0.05, 0) is 67.5 Å². The van der Waals surface area contributed by atoms with Crippen LogP contribution in [0.1, 0.15) is 24.0 Å². The van der Waals surface area contributed by atoms with E-state index in [0.29, 0.717) is 21.8 Å². The second-order valence-corrected chi connectivity index (χ2v) is 10.5. The van der Waals surface area contributed by atoms with Crippen molar-refractivity contribution in [1.29, 1.82) is 0 Å². The second kappa shape index (κ2) is 10.2. The summed E-state index contributed by atoms with van der Waals surface area (Å²) < 4.78 is 0. The number of halogens is 2. The number of carbonyl (C=O) groups excluding carboxylic acids is 1. The topological polar surface area (TPSA) is 38.8 Å². The number of hydrogen-bond acceptors (Lipinski definition) is 3. The molecule has 2 amide bonds. The Balaban J connectivity index is 1.08. The maximum Gasteiger partial charge on any atom is 0.321 e. The predicted octanol–water partition coefficient (Wildman–Crippen LogP) is 5.02. The Bertz CT molecular complexity index is 967. The van der Waals surface area contributed by atoms with Crippen molar-refractivity contribution >= 4 is 34.9 Å². The van der Waals surface area contributed by atoms with Crippen molar-refractivity contribution in [2.24, 2.45) is 5.92 Å². The summed E-state index contributed by atoms with van der Waals surface area (Å²) in [5.74, 6) is 0.721. The van der Waals surface area contributed by atoms with Gasteiger partial charge in [0.1, 0.15) is 0 Å². The second-order valence-electron chi connectivity index (χ2n) is 9.68. The minimum Gasteiger partial charge on any atom is -0.322 e. The molecule has 33 heavy (non-hydrogen) atoms. The van der Waals surface area contributed by atoms with Crippen LogP contribution in [0.25, 0.3) is 0 Å². The van der Waals surface area contributed by atoms with Gasteiger partial charge in [-0.1, -0.05) is 47.5 Å². The Kier molecular flexibility index (Phi) is 7.12. The lowest BCUT2D eigenvalue weighted by Gasteiger charge is -2.41. The van der Waals surface area contributed by atoms with Gasteiger partial charge in [-0.25, -0.2) is 4.79 Å². The lowest BCUT2D eigenvalue weighted by molar-refractivity contribution is 0.0830. The maximum absolute atomic E-state index is 12.7. The lowest BCUT2D eigenvalue weighted by Crippen LogP contribution is -2.52. The molecule has 0 unspecified atom stereocenters. The Labute approximate surface area is 206 Å². The van der Waals surface area contributed by atoms with Crippen molar-refractivity contribution in [3.63, 3.8) is 0 Å². The van der Waals surface area contributed by atoms with Crippen molar-refractivity contribution in [3.05, 3.63) is 63.6 Å². The first-order valence-electron chi connectivity index (χ1n) is 12.1. The predicted molar refractivity (Wildman–Crippen MR) is 135 cm³/mol. The van der Waals surface area contributed by atoms with Crippen LogP contribution in [0.4, 0.5) is 10.5 Å². The third-order valence-corrected chi connectivity index (χ3v) is 8.18. The average Bonchev–Trinajstić information content (AvgIpc) is 3.27. The molecule has 0 spiro atoms. The molecule has 2 aliphatic heterocycles. The number of fused-ring (bicyclic) bond motifs is 1. The summed E-state index contributed by atoms with van der Waals surface area (Å²) in [6.45, 7) is 6.94. The number of anilines is 1. The molecule has 1 N–H and O–H groups in total. The van der Waals surface area contributed by atoms with Gasteiger partial charge in [-0.2, -0.15) is 0 Å². The molecule has 0 saturated carbocycles. The maximum atomic E-state index is 12.7. The van der Waals surface area contributed by atoms with E-state index >= 15 is 0 Å². The zero-order valence-electron chi connectivity index (χ0n) is 19.0. The quantitative estimate of drug-likeness (QED) is 0.658. The number of piperidine rings is 1. The zero-order chi connectivity index (χ0) is 22.8. The van der Waals surface area contributed by atoms with Gasteiger partial charge in [-0.3, -0.25) is 9.80 Å². The molecule has 3 aliphatic rings. The van der Waals surface area contributed by atoms with E-state index in [1.807, 2.05) is 4.90 Å². The first-order chi connectivity index (χ1) is 16.0. The highest BCUT2D eigenvalue weighted by Crippen LogP contribution is 2.29. The standard InChI is InChI=1S/C26H32Cl2N4O/c27-24-8-7-22(16-25(24)28)29-26(33)31-12-10-30(11-13-31)17-19-4-3-9-32(18-19)23-14-20-5-1-2-6-21(20)15-23/h1-2,5-8,16,19,23H,3-4,9-15,17-18H2,(H,29,33)/t19-/m0/s1. The fourth-order valence-corrected chi connectivity index (χ4v) is 5.94. The molecule has 1 atom stereocenters. The Morgan fingerprint density at radius 1 is 0.939 bits per heavy atom. The van der Waals surface area contributed by atoms with E-state index < -0.39 is 0 Å².